The van der Waals surface area contributed by atoms with Crippen molar-refractivity contribution in [3.63, 3.8) is 0 Å². The molecule has 0 aliphatic rings. The molecule has 0 fully saturated rings. The molecule has 1 aromatic carbocycles. The maximum Gasteiger partial charge on any atom is 0.326 e. The average molecular weight is 280 g/mol. The molecule has 20 heavy (non-hydrogen) atoms. The molecule has 1 aromatic rings. The summed E-state index contributed by atoms with van der Waals surface area (Å²) in [7, 11) is 0. The summed E-state index contributed by atoms with van der Waals surface area (Å²) in [6.45, 7) is 1.73. The summed E-state index contributed by atoms with van der Waals surface area (Å²) in [6.07, 6.45) is -0.264. The Labute approximate surface area is 115 Å². The molecule has 0 aromatic heterocycles. The maximum atomic E-state index is 11.9. The van der Waals surface area contributed by atoms with Crippen LogP contribution in [-0.2, 0) is 9.59 Å². The number of nitrogens with one attached hydrogen (secondary N) is 1. The first-order chi connectivity index (χ1) is 9.31. The highest BCUT2D eigenvalue weighted by Crippen LogP contribution is 2.18. The molecule has 0 spiro atoms. The number of carboxylic acids is 1. The van der Waals surface area contributed by atoms with Gasteiger partial charge < -0.3 is 21.3 Å². The topological polar surface area (TPSA) is 130 Å². The Bertz CT molecular complexity index is 542. The van der Waals surface area contributed by atoms with Crippen LogP contribution in [0.4, 0.5) is 0 Å². The molecule has 0 aliphatic carbocycles. The number of phenolic OH excluding ortho intramolecular Hbond substituents is 1. The van der Waals surface area contributed by atoms with Crippen LogP contribution in [0, 0.1) is 6.92 Å². The fourth-order valence-electron chi connectivity index (χ4n) is 1.61. The molecular weight excluding hydrogens is 264 g/mol. The van der Waals surface area contributed by atoms with Crippen LogP contribution in [0.15, 0.2) is 18.2 Å². The van der Waals surface area contributed by atoms with Crippen molar-refractivity contribution in [2.45, 2.75) is 25.8 Å². The summed E-state index contributed by atoms with van der Waals surface area (Å²) >= 11 is 0. The van der Waals surface area contributed by atoms with Gasteiger partial charge in [-0.15, -0.1) is 0 Å². The predicted molar refractivity (Wildman–Crippen MR) is 70.2 cm³/mol. The molecule has 0 saturated heterocycles. The zero-order valence-electron chi connectivity index (χ0n) is 10.9. The van der Waals surface area contributed by atoms with E-state index in [0.29, 0.717) is 0 Å². The molecule has 1 unspecified atom stereocenters. The third kappa shape index (κ3) is 4.27. The first kappa shape index (κ1) is 15.5. The fraction of sp³-hybridized carbons (Fsp3) is 0.308. The Balaban J connectivity index is 2.82. The summed E-state index contributed by atoms with van der Waals surface area (Å²) in [5.41, 5.74) is 5.67. The highest BCUT2D eigenvalue weighted by atomic mass is 16.4. The number of aryl methyl sites for hydroxylation is 1. The van der Waals surface area contributed by atoms with E-state index in [1.165, 1.54) is 12.1 Å². The monoisotopic (exact) mass is 280 g/mol. The Kier molecular flexibility index (Phi) is 5.08. The molecule has 2 amide bonds. The van der Waals surface area contributed by atoms with Crippen molar-refractivity contribution in [3.05, 3.63) is 29.3 Å². The fourth-order valence-corrected chi connectivity index (χ4v) is 1.61. The molecule has 108 valence electrons. The summed E-state index contributed by atoms with van der Waals surface area (Å²) in [5, 5.41) is 20.8. The molecule has 0 heterocycles. The van der Waals surface area contributed by atoms with Gasteiger partial charge in [0, 0.05) is 6.42 Å². The third-order valence-corrected chi connectivity index (χ3v) is 2.68. The highest BCUT2D eigenvalue weighted by Gasteiger charge is 2.22. The lowest BCUT2D eigenvalue weighted by atomic mass is 10.1. The van der Waals surface area contributed by atoms with Crippen LogP contribution in [0.5, 0.6) is 5.75 Å². The van der Waals surface area contributed by atoms with Crippen LogP contribution < -0.4 is 11.1 Å². The zero-order chi connectivity index (χ0) is 15.3. The smallest absolute Gasteiger partial charge is 0.326 e. The minimum Gasteiger partial charge on any atom is -0.507 e. The van der Waals surface area contributed by atoms with Crippen molar-refractivity contribution in [3.8, 4) is 5.75 Å². The Hall–Kier alpha value is -2.57. The number of hydrogen-bond acceptors (Lipinski definition) is 4. The highest BCUT2D eigenvalue weighted by molar-refractivity contribution is 5.99. The second-order valence-electron chi connectivity index (χ2n) is 4.39. The lowest BCUT2D eigenvalue weighted by Gasteiger charge is -2.14. The van der Waals surface area contributed by atoms with Crippen molar-refractivity contribution >= 4 is 17.8 Å². The summed E-state index contributed by atoms with van der Waals surface area (Å²) in [6, 6.07) is 3.17. The summed E-state index contributed by atoms with van der Waals surface area (Å²) < 4.78 is 0. The number of carboxylic acid groups (broad SMARTS) is 1. The normalized spacial score (nSPS) is 11.7. The molecule has 7 heteroatoms. The standard InChI is InChI=1S/C13H16N2O5/c1-7-2-4-10(16)8(6-7)12(18)15-9(13(19)20)3-5-11(14)17/h2,4,6,9,16H,3,5H2,1H3,(H2,14,17)(H,15,18)(H,19,20). The maximum absolute atomic E-state index is 11.9. The Morgan fingerprint density at radius 1 is 1.35 bits per heavy atom. The predicted octanol–water partition coefficient (Wildman–Crippen LogP) is 0.149. The molecule has 0 saturated carbocycles. The van der Waals surface area contributed by atoms with Gasteiger partial charge in [0.15, 0.2) is 0 Å². The van der Waals surface area contributed by atoms with Gasteiger partial charge in [0.1, 0.15) is 11.8 Å². The average Bonchev–Trinajstić information content (AvgIpc) is 2.36. The van der Waals surface area contributed by atoms with E-state index >= 15 is 0 Å². The van der Waals surface area contributed by atoms with Crippen LogP contribution in [0.25, 0.3) is 0 Å². The Morgan fingerprint density at radius 3 is 2.55 bits per heavy atom. The van der Waals surface area contributed by atoms with Crippen molar-refractivity contribution in [1.82, 2.24) is 5.32 Å². The second-order valence-corrected chi connectivity index (χ2v) is 4.39. The van der Waals surface area contributed by atoms with Crippen LogP contribution in [0.2, 0.25) is 0 Å². The van der Waals surface area contributed by atoms with Crippen LogP contribution in [-0.4, -0.2) is 34.0 Å². The van der Waals surface area contributed by atoms with Gasteiger partial charge >= 0.3 is 5.97 Å². The van der Waals surface area contributed by atoms with Gasteiger partial charge in [-0.3, -0.25) is 9.59 Å². The van der Waals surface area contributed by atoms with Gasteiger partial charge in [0.05, 0.1) is 5.56 Å². The van der Waals surface area contributed by atoms with Crippen molar-refractivity contribution in [1.29, 1.82) is 0 Å². The zero-order valence-corrected chi connectivity index (χ0v) is 10.9. The number of primary amides is 1. The van der Waals surface area contributed by atoms with Crippen molar-refractivity contribution in [2.75, 3.05) is 0 Å². The van der Waals surface area contributed by atoms with Crippen molar-refractivity contribution < 1.29 is 24.6 Å². The minimum atomic E-state index is -1.27. The van der Waals surface area contributed by atoms with Gasteiger partial charge in [0.2, 0.25) is 5.91 Å². The number of carbonyl (C=O) groups excluding carboxylic acids is 2. The molecule has 7 nitrogen and oxygen atoms in total. The van der Waals surface area contributed by atoms with Gasteiger partial charge in [-0.25, -0.2) is 4.79 Å². The van der Waals surface area contributed by atoms with Gasteiger partial charge in [-0.1, -0.05) is 11.6 Å². The van der Waals surface area contributed by atoms with Crippen molar-refractivity contribution in [2.24, 2.45) is 5.73 Å². The molecule has 1 atom stereocenters. The minimum absolute atomic E-state index is 0.0182. The molecule has 1 rings (SSSR count). The largest absolute Gasteiger partial charge is 0.507 e. The quantitative estimate of drug-likeness (QED) is 0.589. The van der Waals surface area contributed by atoms with E-state index in [9.17, 15) is 19.5 Å². The van der Waals surface area contributed by atoms with Gasteiger partial charge in [-0.2, -0.15) is 0 Å². The van der Waals surface area contributed by atoms with Crippen LogP contribution >= 0.6 is 0 Å². The molecule has 0 aliphatic heterocycles. The number of hydrogen-bond donors (Lipinski definition) is 4. The first-order valence-electron chi connectivity index (χ1n) is 5.93. The number of aromatic hydroxyl groups is 1. The Morgan fingerprint density at radius 2 is 2.00 bits per heavy atom. The summed E-state index contributed by atoms with van der Waals surface area (Å²) in [5.74, 6) is -2.88. The number of amides is 2. The van der Waals surface area contributed by atoms with Gasteiger partial charge in [-0.05, 0) is 25.5 Å². The number of rotatable bonds is 6. The van der Waals surface area contributed by atoms with E-state index in [1.807, 2.05) is 0 Å². The first-order valence-corrected chi connectivity index (χ1v) is 5.93. The number of aliphatic carboxylic acids is 1. The SMILES string of the molecule is Cc1ccc(O)c(C(=O)NC(CCC(N)=O)C(=O)O)c1. The van der Waals surface area contributed by atoms with Crippen LogP contribution in [0.1, 0.15) is 28.8 Å². The molecule has 0 radical (unpaired) electrons. The van der Waals surface area contributed by atoms with E-state index in [1.54, 1.807) is 13.0 Å². The van der Waals surface area contributed by atoms with E-state index < -0.39 is 23.8 Å². The van der Waals surface area contributed by atoms with E-state index in [0.717, 1.165) is 5.56 Å². The number of nitrogens with two attached hydrogens (primary N) is 1. The molecule has 5 N–H and O–H groups in total. The lowest BCUT2D eigenvalue weighted by Crippen LogP contribution is -2.41. The number of benzene rings is 1. The molecule has 0 bridgehead atoms. The van der Waals surface area contributed by atoms with E-state index in [2.05, 4.69) is 5.32 Å². The lowest BCUT2D eigenvalue weighted by molar-refractivity contribution is -0.139. The van der Waals surface area contributed by atoms with Gasteiger partial charge in [0.25, 0.3) is 5.91 Å². The number of carbonyl (C=O) groups is 3. The molecular formula is C13H16N2O5. The van der Waals surface area contributed by atoms with E-state index in [4.69, 9.17) is 10.8 Å². The summed E-state index contributed by atoms with van der Waals surface area (Å²) in [4.78, 5) is 33.6. The number of phenols is 1. The van der Waals surface area contributed by atoms with E-state index in [-0.39, 0.29) is 24.2 Å². The third-order valence-electron chi connectivity index (χ3n) is 2.68. The van der Waals surface area contributed by atoms with Crippen LogP contribution in [0.3, 0.4) is 0 Å². The second kappa shape index (κ2) is 6.55.